The van der Waals surface area contributed by atoms with Crippen LogP contribution in [-0.4, -0.2) is 50.1 Å². The predicted octanol–water partition coefficient (Wildman–Crippen LogP) is 4.54. The SMILES string of the molecule is COc1ccc2c(C[C@@H](NC(=O)OC(C)(C)C)C(=O)O)cc3cc(OC)c(OC)cc3c2c1. The minimum atomic E-state index is -1.18. The van der Waals surface area contributed by atoms with Gasteiger partial charge in [0.2, 0.25) is 0 Å². The molecule has 0 heterocycles. The van der Waals surface area contributed by atoms with Gasteiger partial charge < -0.3 is 29.4 Å². The van der Waals surface area contributed by atoms with Gasteiger partial charge in [0.15, 0.2) is 11.5 Å². The van der Waals surface area contributed by atoms with Crippen molar-refractivity contribution in [3.63, 3.8) is 0 Å². The molecule has 3 aromatic carbocycles. The fourth-order valence-electron chi connectivity index (χ4n) is 3.70. The zero-order chi connectivity index (χ0) is 24.3. The minimum Gasteiger partial charge on any atom is -0.497 e. The molecule has 0 aliphatic heterocycles. The maximum absolute atomic E-state index is 12.2. The Balaban J connectivity index is 2.13. The van der Waals surface area contributed by atoms with Crippen LogP contribution in [0.15, 0.2) is 36.4 Å². The molecule has 0 radical (unpaired) electrons. The number of alkyl carbamates (subject to hydrolysis) is 1. The van der Waals surface area contributed by atoms with Gasteiger partial charge in [-0.25, -0.2) is 9.59 Å². The largest absolute Gasteiger partial charge is 0.497 e. The molecule has 0 spiro atoms. The number of carbonyl (C=O) groups is 2. The number of benzene rings is 3. The van der Waals surface area contributed by atoms with Crippen LogP contribution >= 0.6 is 0 Å². The number of rotatable bonds is 7. The number of fused-ring (bicyclic) bond motifs is 3. The van der Waals surface area contributed by atoms with Crippen LogP contribution in [0.5, 0.6) is 17.2 Å². The summed E-state index contributed by atoms with van der Waals surface area (Å²) in [7, 11) is 4.71. The van der Waals surface area contributed by atoms with Gasteiger partial charge in [0.25, 0.3) is 0 Å². The van der Waals surface area contributed by atoms with Crippen LogP contribution in [0.4, 0.5) is 4.79 Å². The number of carbonyl (C=O) groups excluding carboxylic acids is 1. The van der Waals surface area contributed by atoms with Crippen molar-refractivity contribution in [2.75, 3.05) is 21.3 Å². The molecule has 0 fully saturated rings. The average Bonchev–Trinajstić information content (AvgIpc) is 2.75. The van der Waals surface area contributed by atoms with Crippen molar-refractivity contribution >= 4 is 33.6 Å². The summed E-state index contributed by atoms with van der Waals surface area (Å²) in [5.41, 5.74) is 0.00502. The number of nitrogens with one attached hydrogen (secondary N) is 1. The molecule has 0 aliphatic rings. The number of carboxylic acids is 1. The van der Waals surface area contributed by atoms with Gasteiger partial charge in [-0.2, -0.15) is 0 Å². The average molecular weight is 456 g/mol. The topological polar surface area (TPSA) is 103 Å². The Morgan fingerprint density at radius 2 is 1.58 bits per heavy atom. The molecule has 3 aromatic rings. The van der Waals surface area contributed by atoms with E-state index in [1.165, 1.54) is 0 Å². The molecule has 1 amide bonds. The van der Waals surface area contributed by atoms with Crippen LogP contribution in [0.2, 0.25) is 0 Å². The van der Waals surface area contributed by atoms with Gasteiger partial charge in [-0.1, -0.05) is 12.1 Å². The molecule has 176 valence electrons. The summed E-state index contributed by atoms with van der Waals surface area (Å²) in [4.78, 5) is 24.2. The van der Waals surface area contributed by atoms with Gasteiger partial charge in [0.05, 0.1) is 21.3 Å². The number of carboxylic acid groups (broad SMARTS) is 1. The summed E-state index contributed by atoms with van der Waals surface area (Å²) in [6.07, 6.45) is -0.727. The first-order valence-electron chi connectivity index (χ1n) is 10.4. The van der Waals surface area contributed by atoms with E-state index in [0.717, 1.165) is 27.1 Å². The lowest BCUT2D eigenvalue weighted by Crippen LogP contribution is -2.44. The summed E-state index contributed by atoms with van der Waals surface area (Å²) in [5.74, 6) is 0.643. The normalized spacial score (nSPS) is 12.3. The maximum Gasteiger partial charge on any atom is 0.408 e. The van der Waals surface area contributed by atoms with E-state index in [4.69, 9.17) is 18.9 Å². The standard InChI is InChI=1S/C25H29NO7/c1-25(2,3)33-24(29)26-20(23(27)28)10-14-9-15-11-21(31-5)22(32-6)13-18(15)19-12-16(30-4)7-8-17(14)19/h7-9,11-13,20H,10H2,1-6H3,(H,26,29)(H,27,28)/t20-/m1/s1. The highest BCUT2D eigenvalue weighted by atomic mass is 16.6. The van der Waals surface area contributed by atoms with Crippen LogP contribution in [0.25, 0.3) is 21.5 Å². The van der Waals surface area contributed by atoms with E-state index in [0.29, 0.717) is 17.2 Å². The maximum atomic E-state index is 12.2. The van der Waals surface area contributed by atoms with E-state index in [9.17, 15) is 14.7 Å². The molecule has 3 rings (SSSR count). The smallest absolute Gasteiger partial charge is 0.408 e. The Kier molecular flexibility index (Phi) is 6.86. The number of hydrogen-bond acceptors (Lipinski definition) is 6. The fourth-order valence-corrected chi connectivity index (χ4v) is 3.70. The molecule has 0 saturated carbocycles. The van der Waals surface area contributed by atoms with Crippen LogP contribution in [0.1, 0.15) is 26.3 Å². The molecule has 0 aliphatic carbocycles. The second-order valence-electron chi connectivity index (χ2n) is 8.62. The predicted molar refractivity (Wildman–Crippen MR) is 126 cm³/mol. The third kappa shape index (κ3) is 5.39. The molecule has 33 heavy (non-hydrogen) atoms. The van der Waals surface area contributed by atoms with Crippen molar-refractivity contribution in [3.8, 4) is 17.2 Å². The van der Waals surface area contributed by atoms with Crippen molar-refractivity contribution < 1.29 is 33.6 Å². The Morgan fingerprint density at radius 1 is 0.909 bits per heavy atom. The zero-order valence-electron chi connectivity index (χ0n) is 19.6. The summed E-state index contributed by atoms with van der Waals surface area (Å²) in [6, 6.07) is 10.0. The number of ether oxygens (including phenoxy) is 4. The number of amides is 1. The number of aliphatic carboxylic acids is 1. The van der Waals surface area contributed by atoms with Crippen LogP contribution in [0.3, 0.4) is 0 Å². The molecule has 8 nitrogen and oxygen atoms in total. The Labute approximate surface area is 192 Å². The van der Waals surface area contributed by atoms with Crippen LogP contribution < -0.4 is 19.5 Å². The van der Waals surface area contributed by atoms with Gasteiger partial charge in [0.1, 0.15) is 17.4 Å². The highest BCUT2D eigenvalue weighted by Crippen LogP contribution is 2.38. The lowest BCUT2D eigenvalue weighted by atomic mass is 9.93. The molecule has 8 heteroatoms. The van der Waals surface area contributed by atoms with Gasteiger partial charge in [-0.3, -0.25) is 0 Å². The van der Waals surface area contributed by atoms with Gasteiger partial charge in [-0.15, -0.1) is 0 Å². The highest BCUT2D eigenvalue weighted by molar-refractivity contribution is 6.10. The van der Waals surface area contributed by atoms with E-state index < -0.39 is 23.7 Å². The third-order valence-corrected chi connectivity index (χ3v) is 5.16. The molecule has 2 N–H and O–H groups in total. The summed E-state index contributed by atoms with van der Waals surface area (Å²) in [6.45, 7) is 5.15. The van der Waals surface area contributed by atoms with E-state index in [-0.39, 0.29) is 6.42 Å². The summed E-state index contributed by atoms with van der Waals surface area (Å²) < 4.78 is 21.6. The van der Waals surface area contributed by atoms with Gasteiger partial charge in [0, 0.05) is 6.42 Å². The number of methoxy groups -OCH3 is 3. The van der Waals surface area contributed by atoms with Crippen molar-refractivity contribution in [3.05, 3.63) is 42.0 Å². The molecular weight excluding hydrogens is 426 g/mol. The van der Waals surface area contributed by atoms with E-state index in [1.807, 2.05) is 36.4 Å². The third-order valence-electron chi connectivity index (χ3n) is 5.16. The second kappa shape index (κ2) is 9.44. The van der Waals surface area contributed by atoms with Crippen molar-refractivity contribution in [1.82, 2.24) is 5.32 Å². The lowest BCUT2D eigenvalue weighted by Gasteiger charge is -2.22. The minimum absolute atomic E-state index is 0.0572. The fraction of sp³-hybridized carbons (Fsp3) is 0.360. The first-order chi connectivity index (χ1) is 15.6. The Bertz CT molecular complexity index is 1200. The lowest BCUT2D eigenvalue weighted by molar-refractivity contribution is -0.139. The Hall–Kier alpha value is -3.68. The molecule has 0 saturated heterocycles. The summed E-state index contributed by atoms with van der Waals surface area (Å²) >= 11 is 0. The summed E-state index contributed by atoms with van der Waals surface area (Å²) in [5, 5.41) is 15.7. The van der Waals surface area contributed by atoms with Crippen molar-refractivity contribution in [1.29, 1.82) is 0 Å². The molecule has 0 bridgehead atoms. The van der Waals surface area contributed by atoms with Crippen LogP contribution in [-0.2, 0) is 16.0 Å². The zero-order valence-corrected chi connectivity index (χ0v) is 19.6. The quantitative estimate of drug-likeness (QED) is 0.504. The van der Waals surface area contributed by atoms with Gasteiger partial charge >= 0.3 is 12.1 Å². The van der Waals surface area contributed by atoms with Crippen LogP contribution in [0, 0.1) is 0 Å². The molecule has 0 unspecified atom stereocenters. The highest BCUT2D eigenvalue weighted by Gasteiger charge is 2.25. The molecule has 0 aromatic heterocycles. The molecular formula is C25H29NO7. The first kappa shape index (κ1) is 24.0. The van der Waals surface area contributed by atoms with E-state index in [1.54, 1.807) is 42.1 Å². The molecule has 1 atom stereocenters. The van der Waals surface area contributed by atoms with Gasteiger partial charge in [-0.05, 0) is 72.1 Å². The van der Waals surface area contributed by atoms with Crippen molar-refractivity contribution in [2.45, 2.75) is 38.8 Å². The second-order valence-corrected chi connectivity index (χ2v) is 8.62. The van der Waals surface area contributed by atoms with E-state index in [2.05, 4.69) is 5.32 Å². The Morgan fingerprint density at radius 3 is 2.15 bits per heavy atom. The first-order valence-corrected chi connectivity index (χ1v) is 10.4. The van der Waals surface area contributed by atoms with E-state index >= 15 is 0 Å². The monoisotopic (exact) mass is 455 g/mol. The van der Waals surface area contributed by atoms with Crippen molar-refractivity contribution in [2.24, 2.45) is 0 Å². The number of hydrogen-bond donors (Lipinski definition) is 2.